The number of carbonyl (C=O) groups is 1. The second kappa shape index (κ2) is 9.23. The number of sulfonamides is 1. The van der Waals surface area contributed by atoms with E-state index in [0.29, 0.717) is 13.1 Å². The Kier molecular flexibility index (Phi) is 6.68. The third-order valence-corrected chi connectivity index (χ3v) is 6.90. The van der Waals surface area contributed by atoms with E-state index in [1.165, 1.54) is 36.4 Å². The summed E-state index contributed by atoms with van der Waals surface area (Å²) >= 11 is 0. The minimum atomic E-state index is -4.09. The molecule has 0 saturated carbocycles. The van der Waals surface area contributed by atoms with Crippen LogP contribution in [0.5, 0.6) is 0 Å². The third-order valence-electron chi connectivity index (χ3n) is 5.11. The number of likely N-dealkylation sites (N-methyl/N-ethyl adjacent to an activating group) is 1. The average molecular weight is 433 g/mol. The molecule has 0 aromatic heterocycles. The number of amides is 1. The molecular weight excluding hydrogens is 408 g/mol. The van der Waals surface area contributed by atoms with E-state index in [4.69, 9.17) is 0 Å². The molecule has 0 radical (unpaired) electrons. The third kappa shape index (κ3) is 4.77. The van der Waals surface area contributed by atoms with Crippen molar-refractivity contribution in [2.24, 2.45) is 0 Å². The molecule has 10 heteroatoms. The number of nitro groups is 1. The maximum Gasteiger partial charge on any atom is 0.271 e. The number of non-ortho nitro benzene ring substituents is 1. The average Bonchev–Trinajstić information content (AvgIpc) is 2.78. The Balaban J connectivity index is 1.93. The van der Waals surface area contributed by atoms with Crippen molar-refractivity contribution in [1.82, 2.24) is 9.80 Å². The Morgan fingerprint density at radius 1 is 1.07 bits per heavy atom. The lowest BCUT2D eigenvalue weighted by Gasteiger charge is -2.35. The van der Waals surface area contributed by atoms with Crippen molar-refractivity contribution in [2.75, 3.05) is 43.6 Å². The van der Waals surface area contributed by atoms with Gasteiger partial charge in [-0.1, -0.05) is 31.2 Å². The minimum Gasteiger partial charge on any atom is -0.339 e. The Morgan fingerprint density at radius 3 is 2.33 bits per heavy atom. The topological polar surface area (TPSA) is 104 Å². The van der Waals surface area contributed by atoms with Crippen molar-refractivity contribution in [1.29, 1.82) is 0 Å². The molecule has 0 unspecified atom stereocenters. The van der Waals surface area contributed by atoms with Gasteiger partial charge in [0.05, 0.1) is 15.5 Å². The largest absolute Gasteiger partial charge is 0.339 e. The highest BCUT2D eigenvalue weighted by atomic mass is 32.2. The van der Waals surface area contributed by atoms with E-state index in [1.807, 2.05) is 6.92 Å². The summed E-state index contributed by atoms with van der Waals surface area (Å²) in [6.07, 6.45) is 0. The van der Waals surface area contributed by atoms with Crippen LogP contribution in [0, 0.1) is 10.1 Å². The highest BCUT2D eigenvalue weighted by molar-refractivity contribution is 7.92. The lowest BCUT2D eigenvalue weighted by atomic mass is 10.2. The molecule has 1 amide bonds. The molecule has 0 bridgehead atoms. The Labute approximate surface area is 175 Å². The fourth-order valence-electron chi connectivity index (χ4n) is 3.33. The summed E-state index contributed by atoms with van der Waals surface area (Å²) in [6.45, 7) is 5.00. The molecule has 0 spiro atoms. The summed E-state index contributed by atoms with van der Waals surface area (Å²) in [6, 6.07) is 13.0. The second-order valence-electron chi connectivity index (χ2n) is 6.92. The zero-order valence-electron chi connectivity index (χ0n) is 16.7. The monoisotopic (exact) mass is 432 g/mol. The Morgan fingerprint density at radius 2 is 1.73 bits per heavy atom. The first-order chi connectivity index (χ1) is 14.3. The minimum absolute atomic E-state index is 0.0140. The number of hydrogen-bond acceptors (Lipinski definition) is 6. The predicted molar refractivity (Wildman–Crippen MR) is 113 cm³/mol. The van der Waals surface area contributed by atoms with Crippen LogP contribution >= 0.6 is 0 Å². The summed E-state index contributed by atoms with van der Waals surface area (Å²) in [5.74, 6) is -0.336. The molecule has 3 rings (SSSR count). The van der Waals surface area contributed by atoms with Crippen LogP contribution in [0.1, 0.15) is 6.92 Å². The van der Waals surface area contributed by atoms with Gasteiger partial charge in [0.2, 0.25) is 5.91 Å². The predicted octanol–water partition coefficient (Wildman–Crippen LogP) is 1.95. The van der Waals surface area contributed by atoms with Crippen LogP contribution in [0.15, 0.2) is 59.5 Å². The van der Waals surface area contributed by atoms with Gasteiger partial charge >= 0.3 is 0 Å². The van der Waals surface area contributed by atoms with Crippen LogP contribution < -0.4 is 4.31 Å². The molecule has 0 N–H and O–H groups in total. The number of nitrogens with zero attached hydrogens (tertiary/aromatic N) is 4. The van der Waals surface area contributed by atoms with Gasteiger partial charge in [0, 0.05) is 38.3 Å². The molecule has 1 aliphatic rings. The number of nitro benzene ring substituents is 1. The van der Waals surface area contributed by atoms with E-state index in [0.717, 1.165) is 23.9 Å². The smallest absolute Gasteiger partial charge is 0.271 e. The quantitative estimate of drug-likeness (QED) is 0.489. The molecule has 0 aliphatic carbocycles. The van der Waals surface area contributed by atoms with Crippen LogP contribution in [-0.2, 0) is 14.8 Å². The van der Waals surface area contributed by atoms with Gasteiger partial charge in [0.15, 0.2) is 0 Å². The molecule has 0 atom stereocenters. The van der Waals surface area contributed by atoms with E-state index in [1.54, 1.807) is 23.1 Å². The maximum absolute atomic E-state index is 13.3. The molecule has 1 fully saturated rings. The first-order valence-corrected chi connectivity index (χ1v) is 11.1. The van der Waals surface area contributed by atoms with Gasteiger partial charge < -0.3 is 9.80 Å². The molecule has 160 valence electrons. The zero-order valence-corrected chi connectivity index (χ0v) is 17.5. The maximum atomic E-state index is 13.3. The number of piperazine rings is 1. The molecule has 30 heavy (non-hydrogen) atoms. The van der Waals surface area contributed by atoms with Gasteiger partial charge in [-0.15, -0.1) is 0 Å². The lowest BCUT2D eigenvalue weighted by molar-refractivity contribution is -0.384. The normalized spacial score (nSPS) is 15.0. The van der Waals surface area contributed by atoms with Gasteiger partial charge in [-0.25, -0.2) is 8.42 Å². The summed E-state index contributed by atoms with van der Waals surface area (Å²) in [7, 11) is -4.09. The Bertz CT molecular complexity index is 1000. The fourth-order valence-corrected chi connectivity index (χ4v) is 4.76. The van der Waals surface area contributed by atoms with Crippen LogP contribution in [0.3, 0.4) is 0 Å². The molecule has 1 aliphatic heterocycles. The van der Waals surface area contributed by atoms with Gasteiger partial charge in [0.25, 0.3) is 15.7 Å². The van der Waals surface area contributed by atoms with Crippen molar-refractivity contribution >= 4 is 27.3 Å². The molecule has 1 saturated heterocycles. The Hall–Kier alpha value is -2.98. The van der Waals surface area contributed by atoms with E-state index in [2.05, 4.69) is 4.90 Å². The molecule has 1 heterocycles. The highest BCUT2D eigenvalue weighted by Gasteiger charge is 2.30. The van der Waals surface area contributed by atoms with Crippen molar-refractivity contribution in [3.05, 3.63) is 64.7 Å². The summed E-state index contributed by atoms with van der Waals surface area (Å²) in [5.41, 5.74) is -0.168. The van der Waals surface area contributed by atoms with Crippen molar-refractivity contribution < 1.29 is 18.1 Å². The van der Waals surface area contributed by atoms with Crippen LogP contribution in [-0.4, -0.2) is 68.3 Å². The van der Waals surface area contributed by atoms with Crippen LogP contribution in [0.25, 0.3) is 0 Å². The number of carbonyl (C=O) groups excluding carboxylic acids is 1. The summed E-state index contributed by atoms with van der Waals surface area (Å²) in [5, 5.41) is 11.2. The standard InChI is InChI=1S/C20H24N4O5S/c1-2-21-11-13-22(14-12-21)20(25)16-23(17-7-6-8-18(15-17)24(26)27)30(28,29)19-9-4-3-5-10-19/h3-10,15H,2,11-14,16H2,1H3. The summed E-state index contributed by atoms with van der Waals surface area (Å²) < 4.78 is 27.6. The van der Waals surface area contributed by atoms with Gasteiger partial charge in [-0.2, -0.15) is 0 Å². The first-order valence-electron chi connectivity index (χ1n) is 9.65. The van der Waals surface area contributed by atoms with Crippen molar-refractivity contribution in [3.63, 3.8) is 0 Å². The second-order valence-corrected chi connectivity index (χ2v) is 8.78. The lowest BCUT2D eigenvalue weighted by Crippen LogP contribution is -2.51. The number of anilines is 1. The van der Waals surface area contributed by atoms with E-state index in [9.17, 15) is 23.3 Å². The SMILES string of the molecule is CCN1CCN(C(=O)CN(c2cccc([N+](=O)[O-])c2)S(=O)(=O)c2ccccc2)CC1. The zero-order chi connectivity index (χ0) is 21.7. The first kappa shape index (κ1) is 21.7. The molecular formula is C20H24N4O5S. The summed E-state index contributed by atoms with van der Waals surface area (Å²) in [4.78, 5) is 27.4. The molecule has 9 nitrogen and oxygen atoms in total. The van der Waals surface area contributed by atoms with E-state index in [-0.39, 0.29) is 22.2 Å². The van der Waals surface area contributed by atoms with Crippen molar-refractivity contribution in [2.45, 2.75) is 11.8 Å². The fraction of sp³-hybridized carbons (Fsp3) is 0.350. The van der Waals surface area contributed by atoms with Gasteiger partial charge in [0.1, 0.15) is 6.54 Å². The highest BCUT2D eigenvalue weighted by Crippen LogP contribution is 2.27. The molecule has 2 aromatic rings. The number of hydrogen-bond donors (Lipinski definition) is 0. The van der Waals surface area contributed by atoms with E-state index >= 15 is 0 Å². The van der Waals surface area contributed by atoms with Crippen molar-refractivity contribution in [3.8, 4) is 0 Å². The van der Waals surface area contributed by atoms with Crippen LogP contribution in [0.2, 0.25) is 0 Å². The number of rotatable bonds is 7. The molecule has 2 aromatic carbocycles. The van der Waals surface area contributed by atoms with Crippen LogP contribution in [0.4, 0.5) is 11.4 Å². The van der Waals surface area contributed by atoms with Gasteiger partial charge in [-0.05, 0) is 24.7 Å². The number of benzene rings is 2. The van der Waals surface area contributed by atoms with E-state index < -0.39 is 21.5 Å². The van der Waals surface area contributed by atoms with Gasteiger partial charge in [-0.3, -0.25) is 19.2 Å².